The van der Waals surface area contributed by atoms with Crippen molar-refractivity contribution in [1.29, 1.82) is 0 Å². The van der Waals surface area contributed by atoms with Gasteiger partial charge in [0.05, 0.1) is 11.5 Å². The largest absolute Gasteiger partial charge is 0.399 e. The number of benzene rings is 3. The van der Waals surface area contributed by atoms with Crippen LogP contribution in [0.2, 0.25) is 0 Å². The first-order valence-corrected chi connectivity index (χ1v) is 10.9. The smallest absolute Gasteiger partial charge is 0.337 e. The van der Waals surface area contributed by atoms with Gasteiger partial charge >= 0.3 is 6.18 Å². The number of alkyl halides is 3. The van der Waals surface area contributed by atoms with Crippen LogP contribution in [0.4, 0.5) is 17.6 Å². The van der Waals surface area contributed by atoms with Gasteiger partial charge in [0.2, 0.25) is 0 Å². The number of hydrogen-bond acceptors (Lipinski definition) is 2. The molecule has 0 saturated carbocycles. The van der Waals surface area contributed by atoms with Gasteiger partial charge in [0.25, 0.3) is 5.91 Å². The monoisotopic (exact) mass is 483 g/mol. The van der Waals surface area contributed by atoms with Gasteiger partial charge in [0, 0.05) is 24.7 Å². The fraction of sp³-hybridized carbons (Fsp3) is 0.214. The molecule has 0 aliphatic rings. The second kappa shape index (κ2) is 10.7. The van der Waals surface area contributed by atoms with Crippen LogP contribution in [0.5, 0.6) is 0 Å². The van der Waals surface area contributed by atoms with E-state index in [1.165, 1.54) is 54.4 Å². The van der Waals surface area contributed by atoms with Gasteiger partial charge in [-0.05, 0) is 48.2 Å². The van der Waals surface area contributed by atoms with Gasteiger partial charge in [-0.1, -0.05) is 60.7 Å². The summed E-state index contributed by atoms with van der Waals surface area (Å²) in [6, 6.07) is 15.0. The van der Waals surface area contributed by atoms with E-state index in [0.29, 0.717) is 6.29 Å². The van der Waals surface area contributed by atoms with E-state index in [1.807, 2.05) is 6.92 Å². The molecule has 3 nitrogen and oxygen atoms in total. The van der Waals surface area contributed by atoms with Crippen LogP contribution in [0.1, 0.15) is 54.5 Å². The SMILES string of the molecule is Cc1ccc(C(/C=C/c2ccc(CN(C)C(=O)c3ccccc3C=O)c(F)c2)C(F)(F)F)cc1C. The Labute approximate surface area is 201 Å². The molecule has 35 heavy (non-hydrogen) atoms. The predicted octanol–water partition coefficient (Wildman–Crippen LogP) is 6.89. The molecule has 0 saturated heterocycles. The lowest BCUT2D eigenvalue weighted by molar-refractivity contribution is -0.139. The third-order valence-corrected chi connectivity index (χ3v) is 5.87. The molecular weight excluding hydrogens is 458 g/mol. The Balaban J connectivity index is 1.79. The van der Waals surface area contributed by atoms with E-state index in [0.717, 1.165) is 23.3 Å². The van der Waals surface area contributed by atoms with Crippen molar-refractivity contribution in [2.45, 2.75) is 32.5 Å². The number of carbonyl (C=O) groups excluding carboxylic acids is 2. The zero-order chi connectivity index (χ0) is 25.8. The Morgan fingerprint density at radius 3 is 2.34 bits per heavy atom. The standard InChI is InChI=1S/C28H25F4NO2/c1-18-8-11-21(14-19(18)2)25(28(30,31)32)13-10-20-9-12-22(26(29)15-20)16-33(3)27(35)24-7-5-4-6-23(24)17-34/h4-15,17,25H,16H2,1-3H3/b13-10+. The molecule has 0 aliphatic carbocycles. The van der Waals surface area contributed by atoms with Gasteiger partial charge in [-0.3, -0.25) is 9.59 Å². The van der Waals surface area contributed by atoms with Crippen molar-refractivity contribution in [3.63, 3.8) is 0 Å². The van der Waals surface area contributed by atoms with Crippen LogP contribution in [0.3, 0.4) is 0 Å². The summed E-state index contributed by atoms with van der Waals surface area (Å²) in [6.45, 7) is 3.51. The van der Waals surface area contributed by atoms with E-state index >= 15 is 0 Å². The van der Waals surface area contributed by atoms with Gasteiger partial charge in [0.1, 0.15) is 5.82 Å². The van der Waals surface area contributed by atoms with Crippen molar-refractivity contribution in [2.75, 3.05) is 7.05 Å². The Bertz CT molecular complexity index is 1260. The molecule has 0 N–H and O–H groups in total. The third-order valence-electron chi connectivity index (χ3n) is 5.87. The first kappa shape index (κ1) is 25.9. The molecule has 0 bridgehead atoms. The average Bonchev–Trinajstić information content (AvgIpc) is 2.81. The average molecular weight is 484 g/mol. The molecule has 0 spiro atoms. The van der Waals surface area contributed by atoms with Crippen molar-refractivity contribution in [2.24, 2.45) is 0 Å². The second-order valence-electron chi connectivity index (χ2n) is 8.44. The molecule has 1 amide bonds. The van der Waals surface area contributed by atoms with E-state index < -0.39 is 23.8 Å². The molecule has 0 radical (unpaired) electrons. The molecule has 7 heteroatoms. The summed E-state index contributed by atoms with van der Waals surface area (Å²) in [5.41, 5.74) is 2.67. The van der Waals surface area contributed by atoms with Crippen molar-refractivity contribution in [3.8, 4) is 0 Å². The number of carbonyl (C=O) groups is 2. The molecule has 0 aromatic heterocycles. The molecule has 3 rings (SSSR count). The molecule has 1 atom stereocenters. The van der Waals surface area contributed by atoms with Crippen molar-refractivity contribution >= 4 is 18.3 Å². The highest BCUT2D eigenvalue weighted by Gasteiger charge is 2.39. The highest BCUT2D eigenvalue weighted by Crippen LogP contribution is 2.37. The maximum Gasteiger partial charge on any atom is 0.399 e. The van der Waals surface area contributed by atoms with Gasteiger partial charge in [0.15, 0.2) is 6.29 Å². The maximum atomic E-state index is 14.8. The van der Waals surface area contributed by atoms with Crippen LogP contribution in [0.25, 0.3) is 6.08 Å². The van der Waals surface area contributed by atoms with Crippen molar-refractivity contribution in [1.82, 2.24) is 4.90 Å². The van der Waals surface area contributed by atoms with Crippen LogP contribution in [0.15, 0.2) is 66.7 Å². The number of halogens is 4. The van der Waals surface area contributed by atoms with Gasteiger partial charge in [-0.25, -0.2) is 4.39 Å². The number of nitrogens with zero attached hydrogens (tertiary/aromatic N) is 1. The summed E-state index contributed by atoms with van der Waals surface area (Å²) >= 11 is 0. The third kappa shape index (κ3) is 6.23. The Morgan fingerprint density at radius 1 is 1.00 bits per heavy atom. The molecular formula is C28H25F4NO2. The van der Waals surface area contributed by atoms with Crippen LogP contribution in [-0.2, 0) is 6.54 Å². The topological polar surface area (TPSA) is 37.4 Å². The summed E-state index contributed by atoms with van der Waals surface area (Å²) in [7, 11) is 1.48. The van der Waals surface area contributed by atoms with Gasteiger partial charge in [-0.15, -0.1) is 0 Å². The predicted molar refractivity (Wildman–Crippen MR) is 128 cm³/mol. The number of rotatable bonds is 7. The molecule has 0 heterocycles. The second-order valence-corrected chi connectivity index (χ2v) is 8.44. The van der Waals surface area contributed by atoms with Crippen LogP contribution in [-0.4, -0.2) is 30.3 Å². The van der Waals surface area contributed by atoms with Crippen LogP contribution in [0, 0.1) is 19.7 Å². The van der Waals surface area contributed by atoms with E-state index in [2.05, 4.69) is 0 Å². The number of amides is 1. The quantitative estimate of drug-likeness (QED) is 0.271. The summed E-state index contributed by atoms with van der Waals surface area (Å²) in [5.74, 6) is -2.92. The summed E-state index contributed by atoms with van der Waals surface area (Å²) in [4.78, 5) is 25.1. The first-order valence-electron chi connectivity index (χ1n) is 10.9. The molecule has 3 aromatic rings. The molecule has 182 valence electrons. The zero-order valence-electron chi connectivity index (χ0n) is 19.6. The summed E-state index contributed by atoms with van der Waals surface area (Å²) in [5, 5.41) is 0. The lowest BCUT2D eigenvalue weighted by atomic mass is 9.94. The van der Waals surface area contributed by atoms with E-state index in [1.54, 1.807) is 25.1 Å². The normalized spacial score (nSPS) is 12.5. The number of aryl methyl sites for hydroxylation is 2. The van der Waals surface area contributed by atoms with Gasteiger partial charge in [-0.2, -0.15) is 13.2 Å². The molecule has 0 fully saturated rings. The van der Waals surface area contributed by atoms with Crippen molar-refractivity contribution < 1.29 is 27.2 Å². The minimum Gasteiger partial charge on any atom is -0.337 e. The lowest BCUT2D eigenvalue weighted by Gasteiger charge is -2.19. The fourth-order valence-corrected chi connectivity index (χ4v) is 3.70. The van der Waals surface area contributed by atoms with Crippen LogP contribution < -0.4 is 0 Å². The molecule has 1 unspecified atom stereocenters. The van der Waals surface area contributed by atoms with Crippen molar-refractivity contribution in [3.05, 3.63) is 112 Å². The zero-order valence-corrected chi connectivity index (χ0v) is 19.6. The Hall–Kier alpha value is -3.74. The Morgan fingerprint density at radius 2 is 1.71 bits per heavy atom. The summed E-state index contributed by atoms with van der Waals surface area (Å²) in [6.07, 6.45) is -1.66. The highest BCUT2D eigenvalue weighted by atomic mass is 19.4. The van der Waals surface area contributed by atoms with Crippen LogP contribution >= 0.6 is 0 Å². The highest BCUT2D eigenvalue weighted by molar-refractivity contribution is 6.01. The van der Waals surface area contributed by atoms with E-state index in [4.69, 9.17) is 0 Å². The summed E-state index contributed by atoms with van der Waals surface area (Å²) < 4.78 is 55.9. The number of hydrogen-bond donors (Lipinski definition) is 0. The number of allylic oxidation sites excluding steroid dienone is 1. The first-order chi connectivity index (χ1) is 16.5. The fourth-order valence-electron chi connectivity index (χ4n) is 3.70. The minimum atomic E-state index is -4.50. The number of aldehydes is 1. The maximum absolute atomic E-state index is 14.8. The van der Waals surface area contributed by atoms with Gasteiger partial charge < -0.3 is 4.90 Å². The minimum absolute atomic E-state index is 0.0737. The molecule has 3 aromatic carbocycles. The lowest BCUT2D eigenvalue weighted by Crippen LogP contribution is -2.27. The Kier molecular flexibility index (Phi) is 7.89. The van der Waals surface area contributed by atoms with E-state index in [-0.39, 0.29) is 34.4 Å². The molecule has 0 aliphatic heterocycles. The van der Waals surface area contributed by atoms with E-state index in [9.17, 15) is 27.2 Å².